The average molecular weight is 224 g/mol. The van der Waals surface area contributed by atoms with Crippen molar-refractivity contribution in [2.24, 2.45) is 0 Å². The molecule has 0 aliphatic carbocycles. The van der Waals surface area contributed by atoms with Gasteiger partial charge in [0.2, 0.25) is 0 Å². The standard InChI is InChI=1S/C12H17FN2O/c1-14-12(11-8-15-6-7-16-11)9-2-4-10(13)5-3-9/h2-5,11-12,14-15H,6-8H2,1H3. The number of benzene rings is 1. The fraction of sp³-hybridized carbons (Fsp3) is 0.500. The molecule has 88 valence electrons. The molecule has 0 aromatic heterocycles. The van der Waals surface area contributed by atoms with Gasteiger partial charge in [-0.25, -0.2) is 4.39 Å². The van der Waals surface area contributed by atoms with E-state index in [4.69, 9.17) is 4.74 Å². The molecule has 0 amide bonds. The third-order valence-corrected chi connectivity index (χ3v) is 2.87. The summed E-state index contributed by atoms with van der Waals surface area (Å²) in [4.78, 5) is 0. The predicted octanol–water partition coefficient (Wildman–Crippen LogP) is 1.07. The zero-order valence-electron chi connectivity index (χ0n) is 9.37. The summed E-state index contributed by atoms with van der Waals surface area (Å²) in [5, 5.41) is 6.51. The van der Waals surface area contributed by atoms with E-state index >= 15 is 0 Å². The van der Waals surface area contributed by atoms with Crippen LogP contribution in [0.5, 0.6) is 0 Å². The molecule has 0 radical (unpaired) electrons. The van der Waals surface area contributed by atoms with Crippen LogP contribution in [-0.4, -0.2) is 32.8 Å². The monoisotopic (exact) mass is 224 g/mol. The van der Waals surface area contributed by atoms with Gasteiger partial charge >= 0.3 is 0 Å². The van der Waals surface area contributed by atoms with Gasteiger partial charge in [-0.05, 0) is 24.7 Å². The Hall–Kier alpha value is -0.970. The lowest BCUT2D eigenvalue weighted by Crippen LogP contribution is -2.45. The van der Waals surface area contributed by atoms with E-state index in [9.17, 15) is 4.39 Å². The largest absolute Gasteiger partial charge is 0.374 e. The highest BCUT2D eigenvalue weighted by atomic mass is 19.1. The SMILES string of the molecule is CNC(c1ccc(F)cc1)C1CNCCO1. The molecule has 0 bridgehead atoms. The van der Waals surface area contributed by atoms with Crippen LogP contribution in [0.1, 0.15) is 11.6 Å². The number of rotatable bonds is 3. The number of nitrogens with one attached hydrogen (secondary N) is 2. The maximum Gasteiger partial charge on any atom is 0.123 e. The lowest BCUT2D eigenvalue weighted by molar-refractivity contribution is 0.00536. The maximum absolute atomic E-state index is 12.8. The lowest BCUT2D eigenvalue weighted by atomic mass is 10.0. The van der Waals surface area contributed by atoms with Crippen LogP contribution >= 0.6 is 0 Å². The highest BCUT2D eigenvalue weighted by Crippen LogP contribution is 2.20. The Morgan fingerprint density at radius 2 is 2.19 bits per heavy atom. The summed E-state index contributed by atoms with van der Waals surface area (Å²) in [5.74, 6) is -0.207. The smallest absolute Gasteiger partial charge is 0.123 e. The van der Waals surface area contributed by atoms with E-state index in [1.807, 2.05) is 7.05 Å². The molecule has 4 heteroatoms. The molecular weight excluding hydrogens is 207 g/mol. The van der Waals surface area contributed by atoms with Gasteiger partial charge in [0.05, 0.1) is 18.8 Å². The van der Waals surface area contributed by atoms with Gasteiger partial charge in [0, 0.05) is 13.1 Å². The molecule has 0 spiro atoms. The summed E-state index contributed by atoms with van der Waals surface area (Å²) >= 11 is 0. The Morgan fingerprint density at radius 3 is 2.75 bits per heavy atom. The van der Waals surface area contributed by atoms with Crippen LogP contribution < -0.4 is 10.6 Å². The summed E-state index contributed by atoms with van der Waals surface area (Å²) in [6, 6.07) is 6.67. The minimum atomic E-state index is -0.207. The molecule has 1 aliphatic heterocycles. The van der Waals surface area contributed by atoms with E-state index in [1.165, 1.54) is 12.1 Å². The van der Waals surface area contributed by atoms with E-state index in [0.717, 1.165) is 25.3 Å². The molecule has 1 saturated heterocycles. The van der Waals surface area contributed by atoms with Crippen LogP contribution in [0, 0.1) is 5.82 Å². The first kappa shape index (κ1) is 11.5. The fourth-order valence-electron chi connectivity index (χ4n) is 2.04. The second-order valence-corrected chi connectivity index (χ2v) is 3.93. The second-order valence-electron chi connectivity index (χ2n) is 3.93. The van der Waals surface area contributed by atoms with E-state index in [1.54, 1.807) is 12.1 Å². The van der Waals surface area contributed by atoms with E-state index in [0.29, 0.717) is 0 Å². The van der Waals surface area contributed by atoms with Crippen molar-refractivity contribution in [1.29, 1.82) is 0 Å². The quantitative estimate of drug-likeness (QED) is 0.806. The number of hydrogen-bond donors (Lipinski definition) is 2. The van der Waals surface area contributed by atoms with Gasteiger partial charge < -0.3 is 15.4 Å². The van der Waals surface area contributed by atoms with E-state index in [2.05, 4.69) is 10.6 Å². The number of hydrogen-bond acceptors (Lipinski definition) is 3. The van der Waals surface area contributed by atoms with E-state index < -0.39 is 0 Å². The van der Waals surface area contributed by atoms with Crippen molar-refractivity contribution >= 4 is 0 Å². The van der Waals surface area contributed by atoms with Crippen molar-refractivity contribution < 1.29 is 9.13 Å². The Bertz CT molecular complexity index is 322. The van der Waals surface area contributed by atoms with Gasteiger partial charge in [-0.1, -0.05) is 12.1 Å². The van der Waals surface area contributed by atoms with E-state index in [-0.39, 0.29) is 18.0 Å². The van der Waals surface area contributed by atoms with Gasteiger partial charge in [-0.15, -0.1) is 0 Å². The van der Waals surface area contributed by atoms with Crippen molar-refractivity contribution in [3.8, 4) is 0 Å². The summed E-state index contributed by atoms with van der Waals surface area (Å²) < 4.78 is 18.5. The van der Waals surface area contributed by atoms with Crippen LogP contribution in [0.3, 0.4) is 0 Å². The summed E-state index contributed by atoms with van der Waals surface area (Å²) in [6.07, 6.45) is 0.101. The Labute approximate surface area is 95.0 Å². The molecular formula is C12H17FN2O. The van der Waals surface area contributed by atoms with Crippen LogP contribution in [-0.2, 0) is 4.74 Å². The molecule has 2 unspecified atom stereocenters. The van der Waals surface area contributed by atoms with Crippen LogP contribution in [0.15, 0.2) is 24.3 Å². The first-order valence-corrected chi connectivity index (χ1v) is 5.56. The molecule has 2 N–H and O–H groups in total. The minimum absolute atomic E-state index is 0.101. The first-order valence-electron chi connectivity index (χ1n) is 5.56. The van der Waals surface area contributed by atoms with Crippen molar-refractivity contribution in [2.45, 2.75) is 12.1 Å². The highest BCUT2D eigenvalue weighted by molar-refractivity contribution is 5.21. The van der Waals surface area contributed by atoms with Crippen LogP contribution in [0.2, 0.25) is 0 Å². The van der Waals surface area contributed by atoms with Crippen LogP contribution in [0.4, 0.5) is 4.39 Å². The highest BCUT2D eigenvalue weighted by Gasteiger charge is 2.24. The molecule has 2 atom stereocenters. The van der Waals surface area contributed by atoms with Gasteiger partial charge in [-0.2, -0.15) is 0 Å². The molecule has 1 aromatic carbocycles. The molecule has 2 rings (SSSR count). The van der Waals surface area contributed by atoms with Crippen molar-refractivity contribution in [3.63, 3.8) is 0 Å². The third-order valence-electron chi connectivity index (χ3n) is 2.87. The van der Waals surface area contributed by atoms with Crippen molar-refractivity contribution in [1.82, 2.24) is 10.6 Å². The summed E-state index contributed by atoms with van der Waals surface area (Å²) in [7, 11) is 1.89. The summed E-state index contributed by atoms with van der Waals surface area (Å²) in [6.45, 7) is 2.45. The summed E-state index contributed by atoms with van der Waals surface area (Å²) in [5.41, 5.74) is 1.05. The van der Waals surface area contributed by atoms with Crippen molar-refractivity contribution in [2.75, 3.05) is 26.7 Å². The zero-order chi connectivity index (χ0) is 11.4. The topological polar surface area (TPSA) is 33.3 Å². The van der Waals surface area contributed by atoms with Gasteiger partial charge in [0.15, 0.2) is 0 Å². The molecule has 1 fully saturated rings. The second kappa shape index (κ2) is 5.39. The molecule has 1 heterocycles. The number of morpholine rings is 1. The minimum Gasteiger partial charge on any atom is -0.374 e. The van der Waals surface area contributed by atoms with Gasteiger partial charge in [-0.3, -0.25) is 0 Å². The molecule has 1 aromatic rings. The zero-order valence-corrected chi connectivity index (χ0v) is 9.37. The Kier molecular flexibility index (Phi) is 3.88. The van der Waals surface area contributed by atoms with Gasteiger partial charge in [0.1, 0.15) is 5.82 Å². The van der Waals surface area contributed by atoms with Crippen molar-refractivity contribution in [3.05, 3.63) is 35.6 Å². The molecule has 3 nitrogen and oxygen atoms in total. The number of likely N-dealkylation sites (N-methyl/N-ethyl adjacent to an activating group) is 1. The first-order chi connectivity index (χ1) is 7.81. The maximum atomic E-state index is 12.8. The third kappa shape index (κ3) is 2.58. The Balaban J connectivity index is 2.11. The lowest BCUT2D eigenvalue weighted by Gasteiger charge is -2.31. The average Bonchev–Trinajstić information content (AvgIpc) is 2.34. The number of ether oxygens (including phenoxy) is 1. The van der Waals surface area contributed by atoms with Crippen LogP contribution in [0.25, 0.3) is 0 Å². The fourth-order valence-corrected chi connectivity index (χ4v) is 2.04. The normalized spacial score (nSPS) is 23.0. The van der Waals surface area contributed by atoms with Gasteiger partial charge in [0.25, 0.3) is 0 Å². The predicted molar refractivity (Wildman–Crippen MR) is 60.8 cm³/mol. The molecule has 16 heavy (non-hydrogen) atoms. The Morgan fingerprint density at radius 1 is 1.44 bits per heavy atom. The number of halogens is 1. The molecule has 0 saturated carbocycles. The molecule has 1 aliphatic rings.